The van der Waals surface area contributed by atoms with Gasteiger partial charge in [0.1, 0.15) is 0 Å². The van der Waals surface area contributed by atoms with E-state index in [-0.39, 0.29) is 11.8 Å². The van der Waals surface area contributed by atoms with Crippen molar-refractivity contribution >= 4 is 10.8 Å². The van der Waals surface area contributed by atoms with E-state index in [1.54, 1.807) is 0 Å². The molecule has 0 saturated heterocycles. The summed E-state index contributed by atoms with van der Waals surface area (Å²) >= 11 is 0. The highest BCUT2D eigenvalue weighted by molar-refractivity contribution is 5.90. The van der Waals surface area contributed by atoms with Crippen molar-refractivity contribution in [2.75, 3.05) is 0 Å². The van der Waals surface area contributed by atoms with E-state index in [2.05, 4.69) is 206 Å². The standard InChI is InChI=1S/C54H36/c1-2-12-40-31-41(30-25-35(40)11-1)44-33-42(36-21-26-38(27-22-36)53-49-17-7-3-13-45(49)46-14-4-8-18-50(46)53)32-43(34-44)37-23-28-39(29-24-37)54-51-19-9-5-15-47(51)48-16-6-10-20-52(48)54/h1-34,53-54H. The molecule has 252 valence electrons. The molecule has 2 aliphatic carbocycles. The van der Waals surface area contributed by atoms with Gasteiger partial charge in [-0.15, -0.1) is 0 Å². The van der Waals surface area contributed by atoms with Crippen molar-refractivity contribution in [1.82, 2.24) is 0 Å². The molecule has 0 heteroatoms. The first-order valence-corrected chi connectivity index (χ1v) is 19.0. The van der Waals surface area contributed by atoms with Crippen molar-refractivity contribution in [2.24, 2.45) is 0 Å². The highest BCUT2D eigenvalue weighted by Crippen LogP contribution is 2.49. The summed E-state index contributed by atoms with van der Waals surface area (Å²) in [6, 6.07) is 76.7. The van der Waals surface area contributed by atoms with Crippen LogP contribution in [-0.2, 0) is 0 Å². The van der Waals surface area contributed by atoms with Gasteiger partial charge in [0, 0.05) is 11.8 Å². The first kappa shape index (κ1) is 30.8. The van der Waals surface area contributed by atoms with Gasteiger partial charge < -0.3 is 0 Å². The highest BCUT2D eigenvalue weighted by atomic mass is 14.3. The van der Waals surface area contributed by atoms with Gasteiger partial charge in [0.15, 0.2) is 0 Å². The summed E-state index contributed by atoms with van der Waals surface area (Å²) in [7, 11) is 0. The first-order valence-electron chi connectivity index (χ1n) is 19.0. The van der Waals surface area contributed by atoms with Crippen LogP contribution in [0, 0.1) is 0 Å². The average Bonchev–Trinajstić information content (AvgIpc) is 3.77. The third kappa shape index (κ3) is 4.99. The zero-order valence-corrected chi connectivity index (χ0v) is 29.8. The topological polar surface area (TPSA) is 0 Å². The maximum Gasteiger partial charge on any atom is 0.0352 e. The van der Waals surface area contributed by atoms with Crippen LogP contribution in [0.5, 0.6) is 0 Å². The minimum absolute atomic E-state index is 0.239. The van der Waals surface area contributed by atoms with E-state index in [9.17, 15) is 0 Å². The van der Waals surface area contributed by atoms with Crippen LogP contribution in [0.15, 0.2) is 206 Å². The van der Waals surface area contributed by atoms with Gasteiger partial charge in [0.05, 0.1) is 0 Å². The van der Waals surface area contributed by atoms with Crippen molar-refractivity contribution in [3.05, 3.63) is 240 Å². The van der Waals surface area contributed by atoms with E-state index >= 15 is 0 Å². The second-order valence-corrected chi connectivity index (χ2v) is 14.8. The molecule has 9 aromatic rings. The van der Waals surface area contributed by atoms with Gasteiger partial charge >= 0.3 is 0 Å². The van der Waals surface area contributed by atoms with Crippen molar-refractivity contribution in [1.29, 1.82) is 0 Å². The number of fused-ring (bicyclic) bond motifs is 7. The van der Waals surface area contributed by atoms with Crippen LogP contribution < -0.4 is 0 Å². The molecule has 0 aromatic heterocycles. The lowest BCUT2D eigenvalue weighted by molar-refractivity contribution is 1.02. The predicted octanol–water partition coefficient (Wildman–Crippen LogP) is 14.2. The minimum atomic E-state index is 0.239. The molecule has 0 atom stereocenters. The third-order valence-electron chi connectivity index (χ3n) is 11.8. The summed E-state index contributed by atoms with van der Waals surface area (Å²) in [5, 5.41) is 2.51. The summed E-state index contributed by atoms with van der Waals surface area (Å²) in [6.45, 7) is 0. The monoisotopic (exact) mass is 684 g/mol. The van der Waals surface area contributed by atoms with Crippen LogP contribution in [-0.4, -0.2) is 0 Å². The molecule has 11 rings (SSSR count). The average molecular weight is 685 g/mol. The molecule has 54 heavy (non-hydrogen) atoms. The summed E-state index contributed by atoms with van der Waals surface area (Å²) in [5.74, 6) is 0.478. The summed E-state index contributed by atoms with van der Waals surface area (Å²) < 4.78 is 0. The van der Waals surface area contributed by atoms with Crippen molar-refractivity contribution < 1.29 is 0 Å². The summed E-state index contributed by atoms with van der Waals surface area (Å²) in [4.78, 5) is 0. The molecule has 2 aliphatic rings. The molecule has 0 fully saturated rings. The lowest BCUT2D eigenvalue weighted by atomic mass is 9.87. The lowest BCUT2D eigenvalue weighted by Crippen LogP contribution is -1.99. The Bertz CT molecular complexity index is 2630. The summed E-state index contributed by atoms with van der Waals surface area (Å²) in [5.41, 5.74) is 20.9. The van der Waals surface area contributed by atoms with Gasteiger partial charge in [-0.2, -0.15) is 0 Å². The number of rotatable bonds is 5. The molecule has 0 nitrogen and oxygen atoms in total. The maximum absolute atomic E-state index is 2.37. The van der Waals surface area contributed by atoms with Crippen LogP contribution in [0.25, 0.3) is 66.4 Å². The molecular formula is C54H36. The Hall–Kier alpha value is -6.76. The molecule has 0 spiro atoms. The largest absolute Gasteiger partial charge is 0.0619 e. The van der Waals surface area contributed by atoms with E-state index in [1.165, 1.54) is 99.8 Å². The van der Waals surface area contributed by atoms with E-state index < -0.39 is 0 Å². The Kier molecular flexibility index (Phi) is 7.10. The highest BCUT2D eigenvalue weighted by Gasteiger charge is 2.30. The van der Waals surface area contributed by atoms with Crippen LogP contribution in [0.4, 0.5) is 0 Å². The first-order chi connectivity index (χ1) is 26.8. The molecule has 0 amide bonds. The zero-order valence-electron chi connectivity index (χ0n) is 29.8. The van der Waals surface area contributed by atoms with Crippen LogP contribution >= 0.6 is 0 Å². The van der Waals surface area contributed by atoms with Gasteiger partial charge in [-0.25, -0.2) is 0 Å². The number of hydrogen-bond donors (Lipinski definition) is 0. The molecular weight excluding hydrogens is 649 g/mol. The Morgan fingerprint density at radius 3 is 0.981 bits per heavy atom. The summed E-state index contributed by atoms with van der Waals surface area (Å²) in [6.07, 6.45) is 0. The maximum atomic E-state index is 2.37. The Morgan fingerprint density at radius 1 is 0.222 bits per heavy atom. The van der Waals surface area contributed by atoms with Crippen LogP contribution in [0.3, 0.4) is 0 Å². The van der Waals surface area contributed by atoms with Gasteiger partial charge in [0.25, 0.3) is 0 Å². The fourth-order valence-corrected chi connectivity index (χ4v) is 9.26. The molecule has 0 aliphatic heterocycles. The molecule has 9 aromatic carbocycles. The zero-order chi connectivity index (χ0) is 35.6. The molecule has 0 heterocycles. The second-order valence-electron chi connectivity index (χ2n) is 14.8. The second kappa shape index (κ2) is 12.4. The van der Waals surface area contributed by atoms with E-state index in [4.69, 9.17) is 0 Å². The van der Waals surface area contributed by atoms with Crippen molar-refractivity contribution in [2.45, 2.75) is 11.8 Å². The molecule has 0 N–H and O–H groups in total. The van der Waals surface area contributed by atoms with Gasteiger partial charge in [-0.3, -0.25) is 0 Å². The van der Waals surface area contributed by atoms with Crippen LogP contribution in [0.1, 0.15) is 45.2 Å². The quantitative estimate of drug-likeness (QED) is 0.169. The Labute approximate surface area is 316 Å². The molecule has 0 bridgehead atoms. The van der Waals surface area contributed by atoms with Crippen molar-refractivity contribution in [3.8, 4) is 55.6 Å². The normalized spacial score (nSPS) is 13.0. The molecule has 0 saturated carbocycles. The van der Waals surface area contributed by atoms with E-state index in [0.29, 0.717) is 0 Å². The third-order valence-corrected chi connectivity index (χ3v) is 11.8. The smallest absolute Gasteiger partial charge is 0.0352 e. The van der Waals surface area contributed by atoms with E-state index in [0.717, 1.165) is 0 Å². The number of hydrogen-bond acceptors (Lipinski definition) is 0. The fraction of sp³-hybridized carbons (Fsp3) is 0.0370. The van der Waals surface area contributed by atoms with Crippen molar-refractivity contribution in [3.63, 3.8) is 0 Å². The minimum Gasteiger partial charge on any atom is -0.0619 e. The van der Waals surface area contributed by atoms with Gasteiger partial charge in [0.2, 0.25) is 0 Å². The Morgan fingerprint density at radius 2 is 0.556 bits per heavy atom. The molecule has 0 unspecified atom stereocenters. The fourth-order valence-electron chi connectivity index (χ4n) is 9.26. The predicted molar refractivity (Wildman–Crippen MR) is 226 cm³/mol. The lowest BCUT2D eigenvalue weighted by Gasteiger charge is -2.17. The molecule has 0 radical (unpaired) electrons. The van der Waals surface area contributed by atoms with E-state index in [1.807, 2.05) is 0 Å². The number of benzene rings is 9. The van der Waals surface area contributed by atoms with Gasteiger partial charge in [-0.05, 0) is 124 Å². The van der Waals surface area contributed by atoms with Crippen LogP contribution in [0.2, 0.25) is 0 Å². The van der Waals surface area contributed by atoms with Gasteiger partial charge in [-0.1, -0.05) is 182 Å². The SMILES string of the molecule is c1ccc2c(c1)-c1ccccc1C2c1ccc(-c2cc(-c3ccc(C4c5ccccc5-c5ccccc54)cc3)cc(-c3ccc4ccccc4c3)c2)cc1. The Balaban J connectivity index is 1.00.